The van der Waals surface area contributed by atoms with E-state index in [2.05, 4.69) is 0 Å². The number of carbonyl (C=O) groups excluding carboxylic acids is 1. The number of fused-ring (bicyclic) bond motifs is 2. The van der Waals surface area contributed by atoms with Gasteiger partial charge in [0, 0.05) is 28.3 Å². The fourth-order valence-electron chi connectivity index (χ4n) is 5.90. The summed E-state index contributed by atoms with van der Waals surface area (Å²) in [6.45, 7) is 0. The maximum absolute atomic E-state index is 13.0. The second kappa shape index (κ2) is 4.43. The smallest absolute Gasteiger partial charge is 0.269 e. The number of benzene rings is 2. The van der Waals surface area contributed by atoms with Crippen LogP contribution in [0.4, 0.5) is 0 Å². The maximum Gasteiger partial charge on any atom is 0.269 e. The summed E-state index contributed by atoms with van der Waals surface area (Å²) in [6.07, 6.45) is -3.95. The third kappa shape index (κ3) is 1.41. The van der Waals surface area contributed by atoms with Gasteiger partial charge in [-0.25, -0.2) is 0 Å². The van der Waals surface area contributed by atoms with Gasteiger partial charge in [-0.2, -0.15) is 0 Å². The number of aliphatic hydroxyl groups excluding tert-OH is 1. The first-order chi connectivity index (χ1) is 14.3. The molecule has 2 bridgehead atoms. The molecule has 7 atom stereocenters. The van der Waals surface area contributed by atoms with Gasteiger partial charge < -0.3 is 34.3 Å². The monoisotopic (exact) mass is 448 g/mol. The first kappa shape index (κ1) is 16.6. The molecule has 2 spiro atoms. The van der Waals surface area contributed by atoms with Gasteiger partial charge in [-0.3, -0.25) is 4.79 Å². The Morgan fingerprint density at radius 2 is 1.77 bits per heavy atom. The quantitative estimate of drug-likeness (QED) is 0.523. The van der Waals surface area contributed by atoms with Crippen molar-refractivity contribution in [2.24, 2.45) is 0 Å². The summed E-state index contributed by atoms with van der Waals surface area (Å²) in [7, 11) is 0. The lowest BCUT2D eigenvalue weighted by molar-refractivity contribution is -0.263. The number of aliphatic hydroxyl groups is 1. The number of hydrogen-bond donors (Lipinski definition) is 3. The largest absolute Gasteiger partial charge is 0.506 e. The second-order valence-electron chi connectivity index (χ2n) is 8.41. The molecule has 152 valence electrons. The Morgan fingerprint density at radius 1 is 1.00 bits per heavy atom. The minimum atomic E-state index is -1.51. The fraction of sp³-hybridized carbons (Fsp3) is 0.350. The molecule has 10 heteroatoms. The van der Waals surface area contributed by atoms with Gasteiger partial charge >= 0.3 is 0 Å². The van der Waals surface area contributed by atoms with Crippen LogP contribution >= 0.6 is 23.2 Å². The van der Waals surface area contributed by atoms with E-state index < -0.39 is 47.7 Å². The summed E-state index contributed by atoms with van der Waals surface area (Å²) in [5.74, 6) is -2.27. The summed E-state index contributed by atoms with van der Waals surface area (Å²) in [5.41, 5.74) is 0.0604. The van der Waals surface area contributed by atoms with Crippen LogP contribution in [0, 0.1) is 0 Å². The van der Waals surface area contributed by atoms with Crippen LogP contribution in [0.25, 0.3) is 0 Å². The van der Waals surface area contributed by atoms with Crippen molar-refractivity contribution in [3.05, 3.63) is 50.0 Å². The predicted molar refractivity (Wildman–Crippen MR) is 97.0 cm³/mol. The number of aromatic hydroxyl groups is 2. The number of phenols is 2. The zero-order valence-electron chi connectivity index (χ0n) is 14.7. The van der Waals surface area contributed by atoms with Gasteiger partial charge in [0.05, 0.1) is 15.6 Å². The molecule has 3 N–H and O–H groups in total. The SMILES string of the molecule is O=C1c2c(O)c(Cl)cc3c2[C@@]2(Oc4cc(Cl)c(O)c5c4[C@]3(O2)[C@@H]2O[C@@H]2C5O)[C@@H]2O[C@H]12. The number of ether oxygens (including phenoxy) is 4. The third-order valence-electron chi connectivity index (χ3n) is 7.11. The number of phenolic OH excluding ortho intramolecular Hbond substituents is 2. The van der Waals surface area contributed by atoms with Crippen molar-refractivity contribution in [3.63, 3.8) is 0 Å². The second-order valence-corrected chi connectivity index (χ2v) is 9.23. The van der Waals surface area contributed by atoms with Gasteiger partial charge in [0.1, 0.15) is 35.6 Å². The average Bonchev–Trinajstić information content (AvgIpc) is 3.60. The molecule has 2 aliphatic carbocycles. The Bertz CT molecular complexity index is 1290. The molecule has 0 saturated carbocycles. The van der Waals surface area contributed by atoms with E-state index in [1.165, 1.54) is 12.1 Å². The van der Waals surface area contributed by atoms with Crippen molar-refractivity contribution in [1.29, 1.82) is 0 Å². The van der Waals surface area contributed by atoms with Crippen molar-refractivity contribution >= 4 is 29.0 Å². The summed E-state index contributed by atoms with van der Waals surface area (Å²) in [6, 6.07) is 2.97. The molecule has 6 aliphatic rings. The van der Waals surface area contributed by atoms with Gasteiger partial charge in [-0.05, 0) is 6.07 Å². The Balaban J connectivity index is 1.58. The molecule has 2 fully saturated rings. The molecule has 2 saturated heterocycles. The highest BCUT2D eigenvalue weighted by Crippen LogP contribution is 2.73. The first-order valence-corrected chi connectivity index (χ1v) is 10.1. The molecule has 8 nitrogen and oxygen atoms in total. The van der Waals surface area contributed by atoms with Crippen molar-refractivity contribution in [3.8, 4) is 17.2 Å². The highest BCUT2D eigenvalue weighted by atomic mass is 35.5. The van der Waals surface area contributed by atoms with E-state index in [0.717, 1.165) is 0 Å². The lowest BCUT2D eigenvalue weighted by Gasteiger charge is -2.44. The molecule has 4 aliphatic heterocycles. The van der Waals surface area contributed by atoms with Crippen molar-refractivity contribution in [2.75, 3.05) is 0 Å². The van der Waals surface area contributed by atoms with E-state index in [0.29, 0.717) is 16.7 Å². The number of halogens is 2. The molecule has 2 aromatic rings. The van der Waals surface area contributed by atoms with Crippen molar-refractivity contribution < 1.29 is 39.1 Å². The predicted octanol–water partition coefficient (Wildman–Crippen LogP) is 2.00. The maximum atomic E-state index is 13.0. The molecule has 0 amide bonds. The van der Waals surface area contributed by atoms with Crippen LogP contribution in [-0.4, -0.2) is 45.5 Å². The van der Waals surface area contributed by atoms with Crippen LogP contribution in [0.15, 0.2) is 12.1 Å². The zero-order valence-corrected chi connectivity index (χ0v) is 16.2. The molecular weight excluding hydrogens is 439 g/mol. The lowest BCUT2D eigenvalue weighted by Crippen LogP contribution is -2.52. The number of hydrogen-bond acceptors (Lipinski definition) is 8. The summed E-state index contributed by atoms with van der Waals surface area (Å²) < 4.78 is 24.3. The van der Waals surface area contributed by atoms with Crippen LogP contribution in [-0.2, 0) is 25.6 Å². The van der Waals surface area contributed by atoms with E-state index in [9.17, 15) is 20.1 Å². The number of Topliss-reactive ketones (excluding diaryl/α,β-unsaturated/α-hetero) is 1. The average molecular weight is 449 g/mol. The van der Waals surface area contributed by atoms with E-state index in [-0.39, 0.29) is 38.4 Å². The standard InChI is InChI=1S/C20H10Cl2O8/c21-4-1-3-9-7(11(4)23)13(25)16-18(28-16)20(9)29-6-2-5(22)12(24)8-10(6)19(3,30-20)17-15(27-17)14(8)26/h1-2,14-18,23-24,26H/t14?,15-,16-,17-,18-,19+,20+/m1/s1. The molecule has 0 radical (unpaired) electrons. The molecule has 30 heavy (non-hydrogen) atoms. The van der Waals surface area contributed by atoms with Gasteiger partial charge in [-0.15, -0.1) is 0 Å². The summed E-state index contributed by atoms with van der Waals surface area (Å²) >= 11 is 12.6. The Morgan fingerprint density at radius 3 is 2.57 bits per heavy atom. The summed E-state index contributed by atoms with van der Waals surface area (Å²) in [4.78, 5) is 13.0. The highest BCUT2D eigenvalue weighted by Gasteiger charge is 2.81. The van der Waals surface area contributed by atoms with Gasteiger partial charge in [-0.1, -0.05) is 23.2 Å². The van der Waals surface area contributed by atoms with Gasteiger partial charge in [0.15, 0.2) is 23.6 Å². The van der Waals surface area contributed by atoms with Crippen LogP contribution in [0.1, 0.15) is 38.7 Å². The van der Waals surface area contributed by atoms with Crippen LogP contribution in [0.5, 0.6) is 17.2 Å². The molecule has 0 aromatic heterocycles. The van der Waals surface area contributed by atoms with Gasteiger partial charge in [0.25, 0.3) is 5.79 Å². The Kier molecular flexibility index (Phi) is 2.45. The van der Waals surface area contributed by atoms with Crippen molar-refractivity contribution in [1.82, 2.24) is 0 Å². The van der Waals surface area contributed by atoms with E-state index in [1.54, 1.807) is 0 Å². The molecule has 4 heterocycles. The number of epoxide rings is 2. The van der Waals surface area contributed by atoms with Crippen molar-refractivity contribution in [2.45, 2.75) is 41.9 Å². The summed E-state index contributed by atoms with van der Waals surface area (Å²) in [5, 5.41) is 32.1. The number of rotatable bonds is 0. The fourth-order valence-corrected chi connectivity index (χ4v) is 6.30. The van der Waals surface area contributed by atoms with E-state index >= 15 is 0 Å². The van der Waals surface area contributed by atoms with E-state index in [4.69, 9.17) is 42.1 Å². The topological polar surface area (TPSA) is 121 Å². The van der Waals surface area contributed by atoms with E-state index in [1.807, 2.05) is 0 Å². The molecule has 8 rings (SSSR count). The third-order valence-corrected chi connectivity index (χ3v) is 7.68. The van der Waals surface area contributed by atoms with Crippen LogP contribution in [0.2, 0.25) is 10.0 Å². The lowest BCUT2D eigenvalue weighted by atomic mass is 9.72. The Hall–Kier alpha value is -2.07. The van der Waals surface area contributed by atoms with Crippen LogP contribution < -0.4 is 4.74 Å². The minimum Gasteiger partial charge on any atom is -0.506 e. The zero-order chi connectivity index (χ0) is 20.5. The minimum absolute atomic E-state index is 0.0000559. The first-order valence-electron chi connectivity index (χ1n) is 9.36. The molecule has 2 aromatic carbocycles. The molecule has 1 unspecified atom stereocenters. The normalized spacial score (nSPS) is 42.0. The number of carbonyl (C=O) groups is 1. The van der Waals surface area contributed by atoms with Gasteiger partial charge in [0.2, 0.25) is 0 Å². The number of ketones is 1. The van der Waals surface area contributed by atoms with Crippen LogP contribution in [0.3, 0.4) is 0 Å². The molecular formula is C20H10Cl2O8. The Labute approximate surface area is 177 Å². The highest BCUT2D eigenvalue weighted by molar-refractivity contribution is 6.33.